The molecule has 0 bridgehead atoms. The van der Waals surface area contributed by atoms with Gasteiger partial charge in [0.25, 0.3) is 0 Å². The third kappa shape index (κ3) is 4.55. The molecule has 0 aliphatic carbocycles. The van der Waals surface area contributed by atoms with Crippen molar-refractivity contribution in [3.05, 3.63) is 66.0 Å². The van der Waals surface area contributed by atoms with E-state index in [9.17, 15) is 4.79 Å². The number of nitrogens with zero attached hydrogens (tertiary/aromatic N) is 2. The zero-order valence-electron chi connectivity index (χ0n) is 14.3. The lowest BCUT2D eigenvalue weighted by atomic mass is 10.0. The fraction of sp³-hybridized carbons (Fsp3) is 0.368. The molecule has 1 fully saturated rings. The second-order valence-corrected chi connectivity index (χ2v) is 5.93. The van der Waals surface area contributed by atoms with Gasteiger partial charge in [0.1, 0.15) is 6.04 Å². The molecule has 0 radical (unpaired) electrons. The smallest absolute Gasteiger partial charge is 0.318 e. The topological polar surface area (TPSA) is 63.7 Å². The number of urea groups is 1. The van der Waals surface area contributed by atoms with Crippen molar-refractivity contribution in [2.45, 2.75) is 12.1 Å². The highest BCUT2D eigenvalue weighted by atomic mass is 16.6. The number of carbonyl (C=O) groups excluding carboxylic acids is 1. The zero-order chi connectivity index (χ0) is 17.5. The molecule has 2 atom stereocenters. The van der Waals surface area contributed by atoms with Gasteiger partial charge in [0, 0.05) is 19.8 Å². The van der Waals surface area contributed by atoms with E-state index in [0.29, 0.717) is 26.4 Å². The van der Waals surface area contributed by atoms with Crippen LogP contribution < -0.4 is 5.32 Å². The molecule has 25 heavy (non-hydrogen) atoms. The standard InChI is InChI=1S/C19H23N3O3/c1-22(19(23)21-13-16-14-24-11-12-25-16)18(15-7-3-2-4-8-15)17-9-5-6-10-20-17/h2-10,16,18H,11-14H2,1H3,(H,21,23)/t16-,18+/m0/s1. The number of benzene rings is 1. The zero-order valence-corrected chi connectivity index (χ0v) is 14.3. The Morgan fingerprint density at radius 1 is 1.24 bits per heavy atom. The Bertz CT molecular complexity index is 621. The van der Waals surface area contributed by atoms with E-state index in [0.717, 1.165) is 11.3 Å². The molecule has 132 valence electrons. The molecule has 1 aromatic carbocycles. The Labute approximate surface area is 147 Å². The maximum Gasteiger partial charge on any atom is 0.318 e. The summed E-state index contributed by atoms with van der Waals surface area (Å²) in [5, 5.41) is 2.93. The molecule has 6 heteroatoms. The maximum atomic E-state index is 12.7. The van der Waals surface area contributed by atoms with Gasteiger partial charge in [-0.1, -0.05) is 36.4 Å². The summed E-state index contributed by atoms with van der Waals surface area (Å²) in [4.78, 5) is 18.8. The normalized spacial score (nSPS) is 18.4. The van der Waals surface area contributed by atoms with Gasteiger partial charge in [-0.05, 0) is 17.7 Å². The second-order valence-electron chi connectivity index (χ2n) is 5.93. The van der Waals surface area contributed by atoms with Crippen LogP contribution in [0.1, 0.15) is 17.3 Å². The highest BCUT2D eigenvalue weighted by molar-refractivity contribution is 5.75. The van der Waals surface area contributed by atoms with Crippen LogP contribution in [0.4, 0.5) is 4.79 Å². The number of nitrogens with one attached hydrogen (secondary N) is 1. The van der Waals surface area contributed by atoms with Gasteiger partial charge in [0.2, 0.25) is 0 Å². The van der Waals surface area contributed by atoms with Crippen LogP contribution in [0.3, 0.4) is 0 Å². The van der Waals surface area contributed by atoms with Gasteiger partial charge < -0.3 is 19.7 Å². The summed E-state index contributed by atoms with van der Waals surface area (Å²) in [7, 11) is 1.78. The van der Waals surface area contributed by atoms with E-state index in [1.165, 1.54) is 0 Å². The first-order valence-corrected chi connectivity index (χ1v) is 8.41. The average molecular weight is 341 g/mol. The highest BCUT2D eigenvalue weighted by Crippen LogP contribution is 2.25. The molecule has 1 aliphatic heterocycles. The van der Waals surface area contributed by atoms with Crippen LogP contribution in [-0.2, 0) is 9.47 Å². The number of ether oxygens (including phenoxy) is 2. The van der Waals surface area contributed by atoms with Crippen molar-refractivity contribution in [3.63, 3.8) is 0 Å². The summed E-state index contributed by atoms with van der Waals surface area (Å²) in [6, 6.07) is 15.2. The molecule has 1 aliphatic rings. The van der Waals surface area contributed by atoms with Crippen LogP contribution in [0.5, 0.6) is 0 Å². The van der Waals surface area contributed by atoms with Crippen molar-refractivity contribution in [1.29, 1.82) is 0 Å². The molecule has 0 unspecified atom stereocenters. The van der Waals surface area contributed by atoms with E-state index >= 15 is 0 Å². The molecule has 0 saturated carbocycles. The quantitative estimate of drug-likeness (QED) is 0.906. The highest BCUT2D eigenvalue weighted by Gasteiger charge is 2.25. The second kappa shape index (κ2) is 8.60. The fourth-order valence-electron chi connectivity index (χ4n) is 2.86. The summed E-state index contributed by atoms with van der Waals surface area (Å²) in [6.07, 6.45) is 1.64. The predicted molar refractivity (Wildman–Crippen MR) is 94.2 cm³/mol. The van der Waals surface area contributed by atoms with Crippen LogP contribution in [0, 0.1) is 0 Å². The minimum atomic E-state index is -0.258. The molecule has 1 saturated heterocycles. The van der Waals surface area contributed by atoms with E-state index in [2.05, 4.69) is 10.3 Å². The van der Waals surface area contributed by atoms with Crippen LogP contribution in [0.25, 0.3) is 0 Å². The third-order valence-electron chi connectivity index (χ3n) is 4.16. The largest absolute Gasteiger partial charge is 0.376 e. The number of aromatic nitrogens is 1. The lowest BCUT2D eigenvalue weighted by molar-refractivity contribution is -0.0856. The van der Waals surface area contributed by atoms with Crippen molar-refractivity contribution in [2.75, 3.05) is 33.4 Å². The van der Waals surface area contributed by atoms with Crippen LogP contribution >= 0.6 is 0 Å². The number of hydrogen-bond acceptors (Lipinski definition) is 4. The molecule has 2 aromatic rings. The Kier molecular flexibility index (Phi) is 5.98. The predicted octanol–water partition coefficient (Wildman–Crippen LogP) is 2.23. The molecule has 2 amide bonds. The number of amides is 2. The lowest BCUT2D eigenvalue weighted by Crippen LogP contribution is -2.45. The van der Waals surface area contributed by atoms with Gasteiger partial charge in [-0.2, -0.15) is 0 Å². The first kappa shape index (κ1) is 17.4. The SMILES string of the molecule is CN(C(=O)NC[C@H]1COCCO1)[C@H](c1ccccc1)c1ccccn1. The number of hydrogen-bond donors (Lipinski definition) is 1. The van der Waals surface area contributed by atoms with Crippen LogP contribution in [0.15, 0.2) is 54.7 Å². The molecule has 1 aromatic heterocycles. The Morgan fingerprint density at radius 2 is 2.04 bits per heavy atom. The van der Waals surface area contributed by atoms with E-state index < -0.39 is 0 Å². The third-order valence-corrected chi connectivity index (χ3v) is 4.16. The monoisotopic (exact) mass is 341 g/mol. The van der Waals surface area contributed by atoms with E-state index in [4.69, 9.17) is 9.47 Å². The van der Waals surface area contributed by atoms with Crippen molar-refractivity contribution in [3.8, 4) is 0 Å². The minimum Gasteiger partial charge on any atom is -0.376 e. The fourth-order valence-corrected chi connectivity index (χ4v) is 2.86. The first-order chi connectivity index (χ1) is 12.3. The van der Waals surface area contributed by atoms with Crippen molar-refractivity contribution in [1.82, 2.24) is 15.2 Å². The minimum absolute atomic E-state index is 0.101. The number of carbonyl (C=O) groups is 1. The van der Waals surface area contributed by atoms with Crippen molar-refractivity contribution in [2.24, 2.45) is 0 Å². The molecule has 1 N–H and O–H groups in total. The summed E-state index contributed by atoms with van der Waals surface area (Å²) < 4.78 is 10.9. The molecular weight excluding hydrogens is 318 g/mol. The van der Waals surface area contributed by atoms with Crippen molar-refractivity contribution >= 4 is 6.03 Å². The van der Waals surface area contributed by atoms with Gasteiger partial charge in [0.05, 0.1) is 31.6 Å². The summed E-state index contributed by atoms with van der Waals surface area (Å²) in [5.41, 5.74) is 1.83. The molecule has 6 nitrogen and oxygen atoms in total. The van der Waals surface area contributed by atoms with Crippen molar-refractivity contribution < 1.29 is 14.3 Å². The Morgan fingerprint density at radius 3 is 2.72 bits per heavy atom. The van der Waals surface area contributed by atoms with Gasteiger partial charge >= 0.3 is 6.03 Å². The first-order valence-electron chi connectivity index (χ1n) is 8.41. The Hall–Kier alpha value is -2.44. The maximum absolute atomic E-state index is 12.7. The van der Waals surface area contributed by atoms with Gasteiger partial charge in [-0.15, -0.1) is 0 Å². The van der Waals surface area contributed by atoms with Crippen LogP contribution in [-0.4, -0.2) is 55.4 Å². The van der Waals surface area contributed by atoms with Gasteiger partial charge in [-0.3, -0.25) is 4.98 Å². The van der Waals surface area contributed by atoms with Gasteiger partial charge in [-0.25, -0.2) is 4.79 Å². The molecule has 0 spiro atoms. The molecule has 2 heterocycles. The summed E-state index contributed by atoms with van der Waals surface area (Å²) >= 11 is 0. The molecule has 3 rings (SSSR count). The average Bonchev–Trinajstić information content (AvgIpc) is 2.69. The molecular formula is C19H23N3O3. The van der Waals surface area contributed by atoms with E-state index in [-0.39, 0.29) is 18.2 Å². The summed E-state index contributed by atoms with van der Waals surface area (Å²) in [5.74, 6) is 0. The number of rotatable bonds is 5. The van der Waals surface area contributed by atoms with E-state index in [1.807, 2.05) is 48.5 Å². The van der Waals surface area contributed by atoms with Crippen LogP contribution in [0.2, 0.25) is 0 Å². The van der Waals surface area contributed by atoms with Gasteiger partial charge in [0.15, 0.2) is 0 Å². The summed E-state index contributed by atoms with van der Waals surface area (Å²) in [6.45, 7) is 2.11. The van der Waals surface area contributed by atoms with E-state index in [1.54, 1.807) is 18.1 Å². The Balaban J connectivity index is 1.72. The lowest BCUT2D eigenvalue weighted by Gasteiger charge is -2.30. The number of pyridine rings is 1.